The van der Waals surface area contributed by atoms with Crippen molar-refractivity contribution in [1.29, 1.82) is 0 Å². The largest absolute Gasteiger partial charge is 0.382 e. The van der Waals surface area contributed by atoms with Crippen molar-refractivity contribution < 1.29 is 17.2 Å². The lowest BCUT2D eigenvalue weighted by molar-refractivity contribution is 0.568. The average Bonchev–Trinajstić information content (AvgIpc) is 3.21. The summed E-state index contributed by atoms with van der Waals surface area (Å²) in [4.78, 5) is 3.26. The molecule has 0 saturated carbocycles. The van der Waals surface area contributed by atoms with Crippen molar-refractivity contribution in [3.63, 3.8) is 0 Å². The molecule has 3 rings (SSSR count). The van der Waals surface area contributed by atoms with Gasteiger partial charge in [0.2, 0.25) is 0 Å². The SMILES string of the molecule is CN[C@H](CNc1cc(F)c(S(=O)(=O)Nc2nccs2)cc1Cl)Cc1ccc(F)cc1Br. The summed E-state index contributed by atoms with van der Waals surface area (Å²) in [7, 11) is -2.41. The highest BCUT2D eigenvalue weighted by molar-refractivity contribution is 9.10. The summed E-state index contributed by atoms with van der Waals surface area (Å²) < 4.78 is 55.7. The molecule has 0 amide bonds. The average molecular weight is 552 g/mol. The smallest absolute Gasteiger partial charge is 0.266 e. The van der Waals surface area contributed by atoms with E-state index in [1.165, 1.54) is 18.3 Å². The Morgan fingerprint density at radius 3 is 2.68 bits per heavy atom. The van der Waals surface area contributed by atoms with Crippen molar-refractivity contribution in [1.82, 2.24) is 10.3 Å². The van der Waals surface area contributed by atoms with Gasteiger partial charge in [-0.15, -0.1) is 11.3 Å². The lowest BCUT2D eigenvalue weighted by Crippen LogP contribution is -2.35. The van der Waals surface area contributed by atoms with Gasteiger partial charge in [-0.2, -0.15) is 0 Å². The van der Waals surface area contributed by atoms with Gasteiger partial charge in [-0.25, -0.2) is 22.2 Å². The third kappa shape index (κ3) is 6.13. The van der Waals surface area contributed by atoms with E-state index in [9.17, 15) is 17.2 Å². The van der Waals surface area contributed by atoms with E-state index in [4.69, 9.17) is 11.6 Å². The van der Waals surface area contributed by atoms with E-state index in [2.05, 4.69) is 36.3 Å². The third-order valence-corrected chi connectivity index (χ3v) is 7.62. The standard InChI is InChI=1S/C19H18BrClF2N4O2S2/c1-24-13(6-11-2-3-12(22)7-14(11)20)10-26-17-9-16(23)18(8-15(17)21)31(28,29)27-19-25-4-5-30-19/h2-5,7-9,13,24,26H,6,10H2,1H3,(H,25,27)/t13-/m0/s1. The van der Waals surface area contributed by atoms with E-state index in [1.54, 1.807) is 18.5 Å². The zero-order valence-corrected chi connectivity index (χ0v) is 20.1. The minimum Gasteiger partial charge on any atom is -0.382 e. The topological polar surface area (TPSA) is 83.1 Å². The second-order valence-corrected chi connectivity index (χ2v) is 10.3. The monoisotopic (exact) mass is 550 g/mol. The predicted octanol–water partition coefficient (Wildman–Crippen LogP) is 4.88. The summed E-state index contributed by atoms with van der Waals surface area (Å²) in [5.74, 6) is -1.28. The minimum absolute atomic E-state index is 0.0544. The van der Waals surface area contributed by atoms with Gasteiger partial charge in [-0.3, -0.25) is 4.72 Å². The van der Waals surface area contributed by atoms with Crippen LogP contribution in [0, 0.1) is 11.6 Å². The maximum Gasteiger partial charge on any atom is 0.266 e. The molecule has 6 nitrogen and oxygen atoms in total. The molecule has 2 aromatic carbocycles. The van der Waals surface area contributed by atoms with Crippen LogP contribution in [0.4, 0.5) is 19.6 Å². The Kier molecular flexibility index (Phi) is 7.87. The molecule has 0 unspecified atom stereocenters. The molecule has 0 saturated heterocycles. The highest BCUT2D eigenvalue weighted by atomic mass is 79.9. The van der Waals surface area contributed by atoms with E-state index < -0.39 is 20.7 Å². The zero-order valence-electron chi connectivity index (χ0n) is 16.1. The van der Waals surface area contributed by atoms with E-state index in [-0.39, 0.29) is 27.7 Å². The molecule has 3 N–H and O–H groups in total. The van der Waals surface area contributed by atoms with E-state index in [0.29, 0.717) is 17.4 Å². The molecule has 1 atom stereocenters. The van der Waals surface area contributed by atoms with E-state index in [1.807, 2.05) is 0 Å². The lowest BCUT2D eigenvalue weighted by atomic mass is 10.1. The molecular weight excluding hydrogens is 534 g/mol. The van der Waals surface area contributed by atoms with Gasteiger partial charge < -0.3 is 10.6 Å². The van der Waals surface area contributed by atoms with Gasteiger partial charge in [0.15, 0.2) is 5.13 Å². The first-order chi connectivity index (χ1) is 14.7. The van der Waals surface area contributed by atoms with Crippen LogP contribution in [0.3, 0.4) is 0 Å². The number of sulfonamides is 1. The van der Waals surface area contributed by atoms with Crippen molar-refractivity contribution in [3.8, 4) is 0 Å². The Hall–Kier alpha value is -1.79. The van der Waals surface area contributed by atoms with Crippen molar-refractivity contribution in [2.45, 2.75) is 17.4 Å². The van der Waals surface area contributed by atoms with Crippen LogP contribution in [0.1, 0.15) is 5.56 Å². The first-order valence-corrected chi connectivity index (χ1v) is 12.5. The number of hydrogen-bond acceptors (Lipinski definition) is 6. The fraction of sp³-hybridized carbons (Fsp3) is 0.211. The number of nitrogens with one attached hydrogen (secondary N) is 3. The normalized spacial score (nSPS) is 12.5. The first kappa shape index (κ1) is 23.9. The molecule has 0 spiro atoms. The van der Waals surface area contributed by atoms with Crippen molar-refractivity contribution in [3.05, 3.63) is 68.6 Å². The van der Waals surface area contributed by atoms with Crippen LogP contribution in [0.2, 0.25) is 5.02 Å². The Balaban J connectivity index is 1.72. The maximum atomic E-state index is 14.6. The van der Waals surface area contributed by atoms with Gasteiger partial charge in [-0.05, 0) is 43.3 Å². The molecule has 0 aliphatic rings. The minimum atomic E-state index is -4.18. The van der Waals surface area contributed by atoms with Crippen molar-refractivity contribution in [2.24, 2.45) is 0 Å². The molecule has 0 aliphatic carbocycles. The Morgan fingerprint density at radius 2 is 2.03 bits per heavy atom. The molecule has 0 bridgehead atoms. The molecule has 0 aliphatic heterocycles. The number of anilines is 2. The summed E-state index contributed by atoms with van der Waals surface area (Å²) in [5.41, 5.74) is 1.15. The van der Waals surface area contributed by atoms with E-state index in [0.717, 1.165) is 29.0 Å². The van der Waals surface area contributed by atoms with Gasteiger partial charge in [-0.1, -0.05) is 33.6 Å². The summed E-state index contributed by atoms with van der Waals surface area (Å²) >= 11 is 10.6. The number of nitrogens with zero attached hydrogens (tertiary/aromatic N) is 1. The molecule has 3 aromatic rings. The van der Waals surface area contributed by atoms with E-state index >= 15 is 0 Å². The van der Waals surface area contributed by atoms with Crippen LogP contribution in [0.15, 0.2) is 51.3 Å². The maximum absolute atomic E-state index is 14.6. The Bertz CT molecular complexity index is 1160. The molecule has 1 aromatic heterocycles. The molecule has 0 radical (unpaired) electrons. The number of rotatable bonds is 9. The fourth-order valence-electron chi connectivity index (χ4n) is 2.78. The summed E-state index contributed by atoms with van der Waals surface area (Å²) in [6.45, 7) is 0.364. The molecule has 166 valence electrons. The highest BCUT2D eigenvalue weighted by Crippen LogP contribution is 2.29. The van der Waals surface area contributed by atoms with Crippen molar-refractivity contribution >= 4 is 59.7 Å². The summed E-state index contributed by atoms with van der Waals surface area (Å²) in [5, 5.41) is 7.94. The summed E-state index contributed by atoms with van der Waals surface area (Å²) in [6.07, 6.45) is 2.00. The van der Waals surface area contributed by atoms with Crippen LogP contribution in [0.5, 0.6) is 0 Å². The van der Waals surface area contributed by atoms with Crippen LogP contribution in [-0.2, 0) is 16.4 Å². The summed E-state index contributed by atoms with van der Waals surface area (Å²) in [6, 6.07) is 6.47. The number of likely N-dealkylation sites (N-methyl/N-ethyl adjacent to an activating group) is 1. The number of benzene rings is 2. The molecule has 31 heavy (non-hydrogen) atoms. The van der Waals surface area contributed by atoms with Crippen LogP contribution >= 0.6 is 38.9 Å². The first-order valence-electron chi connectivity index (χ1n) is 8.96. The second-order valence-electron chi connectivity index (χ2n) is 6.51. The van der Waals surface area contributed by atoms with Crippen LogP contribution in [0.25, 0.3) is 0 Å². The van der Waals surface area contributed by atoms with Gasteiger partial charge in [0, 0.05) is 28.6 Å². The van der Waals surface area contributed by atoms with Crippen LogP contribution < -0.4 is 15.4 Å². The van der Waals surface area contributed by atoms with Gasteiger partial charge >= 0.3 is 0 Å². The number of hydrogen-bond donors (Lipinski definition) is 3. The van der Waals surface area contributed by atoms with Crippen LogP contribution in [-0.4, -0.2) is 33.0 Å². The molecule has 1 heterocycles. The number of thiazole rings is 1. The van der Waals surface area contributed by atoms with Gasteiger partial charge in [0.25, 0.3) is 10.0 Å². The predicted molar refractivity (Wildman–Crippen MR) is 123 cm³/mol. The molecule has 0 fully saturated rings. The van der Waals surface area contributed by atoms with Gasteiger partial charge in [0.05, 0.1) is 10.7 Å². The number of aromatic nitrogens is 1. The van der Waals surface area contributed by atoms with Gasteiger partial charge in [0.1, 0.15) is 16.5 Å². The second kappa shape index (κ2) is 10.2. The number of halogens is 4. The highest BCUT2D eigenvalue weighted by Gasteiger charge is 2.23. The lowest BCUT2D eigenvalue weighted by Gasteiger charge is -2.19. The molecular formula is C19H18BrClF2N4O2S2. The Morgan fingerprint density at radius 1 is 1.26 bits per heavy atom. The third-order valence-electron chi connectivity index (χ3n) is 4.39. The Labute approximate surface area is 196 Å². The van der Waals surface area contributed by atoms with Crippen molar-refractivity contribution in [2.75, 3.05) is 23.6 Å². The fourth-order valence-corrected chi connectivity index (χ4v) is 5.46. The zero-order chi connectivity index (χ0) is 22.6. The quantitative estimate of drug-likeness (QED) is 0.353. The molecule has 12 heteroatoms.